The van der Waals surface area contributed by atoms with Gasteiger partial charge in [-0.3, -0.25) is 4.79 Å². The molecule has 1 aliphatic rings. The van der Waals surface area contributed by atoms with Gasteiger partial charge in [0.15, 0.2) is 0 Å². The predicted molar refractivity (Wildman–Crippen MR) is 127 cm³/mol. The van der Waals surface area contributed by atoms with Crippen LogP contribution in [0.15, 0.2) is 41.3 Å². The molecule has 188 valence electrons. The lowest BCUT2D eigenvalue weighted by molar-refractivity contribution is 0.0587. The van der Waals surface area contributed by atoms with Gasteiger partial charge < -0.3 is 19.5 Å². The van der Waals surface area contributed by atoms with Gasteiger partial charge in [-0.2, -0.15) is 4.31 Å². The average molecular weight is 505 g/mol. The number of hydrogen-bond acceptors (Lipinski definition) is 8. The topological polar surface area (TPSA) is 128 Å². The summed E-state index contributed by atoms with van der Waals surface area (Å²) in [5.41, 5.74) is 0.0380. The number of carbonyl (C=O) groups excluding carboxylic acids is 3. The predicted octanol–water partition coefficient (Wildman–Crippen LogP) is 3.09. The lowest BCUT2D eigenvalue weighted by Crippen LogP contribution is -2.32. The highest BCUT2D eigenvalue weighted by molar-refractivity contribution is 7.89. The molecule has 0 radical (unpaired) electrons. The Morgan fingerprint density at radius 1 is 0.829 bits per heavy atom. The molecule has 1 fully saturated rings. The average Bonchev–Trinajstić information content (AvgIpc) is 3.17. The summed E-state index contributed by atoms with van der Waals surface area (Å²) in [5.74, 6) is -2.00. The van der Waals surface area contributed by atoms with Crippen molar-refractivity contribution in [3.63, 3.8) is 0 Å². The zero-order valence-corrected chi connectivity index (χ0v) is 20.6. The van der Waals surface area contributed by atoms with Crippen molar-refractivity contribution in [2.45, 2.75) is 30.6 Å². The van der Waals surface area contributed by atoms with E-state index in [1.165, 1.54) is 62.0 Å². The molecule has 0 unspecified atom stereocenters. The number of sulfonamides is 1. The molecule has 0 bridgehead atoms. The van der Waals surface area contributed by atoms with E-state index in [9.17, 15) is 22.8 Å². The number of rotatable bonds is 7. The number of benzene rings is 2. The van der Waals surface area contributed by atoms with E-state index < -0.39 is 27.9 Å². The lowest BCUT2D eigenvalue weighted by atomic mass is 10.1. The summed E-state index contributed by atoms with van der Waals surface area (Å²) in [6.07, 6.45) is 3.48. The summed E-state index contributed by atoms with van der Waals surface area (Å²) in [4.78, 5) is 37.4. The van der Waals surface area contributed by atoms with Gasteiger partial charge in [0.05, 0.1) is 48.6 Å². The van der Waals surface area contributed by atoms with E-state index >= 15 is 0 Å². The number of anilines is 1. The van der Waals surface area contributed by atoms with Gasteiger partial charge in [0, 0.05) is 13.1 Å². The van der Waals surface area contributed by atoms with Gasteiger partial charge in [-0.25, -0.2) is 18.0 Å². The number of hydrogen-bond donors (Lipinski definition) is 1. The van der Waals surface area contributed by atoms with Crippen molar-refractivity contribution in [1.29, 1.82) is 0 Å². The zero-order valence-electron chi connectivity index (χ0n) is 19.8. The molecule has 1 heterocycles. The van der Waals surface area contributed by atoms with Crippen LogP contribution < -0.4 is 10.1 Å². The quantitative estimate of drug-likeness (QED) is 0.570. The molecule has 3 rings (SSSR count). The fourth-order valence-electron chi connectivity index (χ4n) is 3.83. The Balaban J connectivity index is 2.00. The maximum atomic E-state index is 13.3. The molecule has 0 aliphatic carbocycles. The minimum absolute atomic E-state index is 0.000753. The summed E-state index contributed by atoms with van der Waals surface area (Å²) in [6.45, 7) is 0.831. The van der Waals surface area contributed by atoms with Crippen molar-refractivity contribution in [3.05, 3.63) is 53.1 Å². The molecule has 10 nitrogen and oxygen atoms in total. The van der Waals surface area contributed by atoms with Crippen LogP contribution in [0.4, 0.5) is 5.69 Å². The summed E-state index contributed by atoms with van der Waals surface area (Å²) < 4.78 is 42.7. The van der Waals surface area contributed by atoms with E-state index in [0.717, 1.165) is 25.7 Å². The van der Waals surface area contributed by atoms with E-state index in [2.05, 4.69) is 5.32 Å². The molecule has 0 spiro atoms. The van der Waals surface area contributed by atoms with Gasteiger partial charge in [-0.1, -0.05) is 12.8 Å². The number of ether oxygens (including phenoxy) is 3. The first kappa shape index (κ1) is 26.2. The van der Waals surface area contributed by atoms with Crippen LogP contribution in [0.2, 0.25) is 0 Å². The van der Waals surface area contributed by atoms with Crippen LogP contribution in [0.3, 0.4) is 0 Å². The smallest absolute Gasteiger partial charge is 0.339 e. The second kappa shape index (κ2) is 11.3. The molecule has 1 aliphatic heterocycles. The number of esters is 2. The minimum atomic E-state index is -3.82. The van der Waals surface area contributed by atoms with Gasteiger partial charge in [0.1, 0.15) is 5.75 Å². The summed E-state index contributed by atoms with van der Waals surface area (Å²) in [6, 6.07) is 8.02. The first-order valence-electron chi connectivity index (χ1n) is 11.0. The Kier molecular flexibility index (Phi) is 8.47. The van der Waals surface area contributed by atoms with E-state index in [-0.39, 0.29) is 33.0 Å². The zero-order chi connectivity index (χ0) is 25.6. The van der Waals surface area contributed by atoms with Gasteiger partial charge >= 0.3 is 11.9 Å². The van der Waals surface area contributed by atoms with Crippen LogP contribution >= 0.6 is 0 Å². The SMILES string of the molecule is COC(=O)c1ccc(C(=O)OC)c(NC(=O)c2cc(S(=O)(=O)N3CCCCCC3)ccc2OC)c1. The van der Waals surface area contributed by atoms with Crippen molar-refractivity contribution in [2.75, 3.05) is 39.7 Å². The molecular formula is C24H28N2O8S. The molecule has 0 atom stereocenters. The second-order valence-electron chi connectivity index (χ2n) is 7.88. The molecular weight excluding hydrogens is 476 g/mol. The van der Waals surface area contributed by atoms with Gasteiger partial charge in [0.2, 0.25) is 10.0 Å². The van der Waals surface area contributed by atoms with Gasteiger partial charge in [-0.05, 0) is 49.2 Å². The maximum absolute atomic E-state index is 13.3. The molecule has 2 aromatic rings. The molecule has 1 saturated heterocycles. The van der Waals surface area contributed by atoms with E-state index in [1.54, 1.807) is 0 Å². The number of carbonyl (C=O) groups is 3. The van der Waals surface area contributed by atoms with Crippen molar-refractivity contribution < 1.29 is 37.0 Å². The lowest BCUT2D eigenvalue weighted by Gasteiger charge is -2.21. The number of nitrogens with zero attached hydrogens (tertiary/aromatic N) is 1. The molecule has 35 heavy (non-hydrogen) atoms. The fourth-order valence-corrected chi connectivity index (χ4v) is 5.37. The number of nitrogens with one attached hydrogen (secondary N) is 1. The highest BCUT2D eigenvalue weighted by Crippen LogP contribution is 2.28. The largest absolute Gasteiger partial charge is 0.496 e. The Morgan fingerprint density at radius 2 is 1.49 bits per heavy atom. The molecule has 11 heteroatoms. The third-order valence-electron chi connectivity index (χ3n) is 5.71. The van der Waals surface area contributed by atoms with Crippen molar-refractivity contribution in [3.8, 4) is 5.75 Å². The Labute approximate surface area is 204 Å². The van der Waals surface area contributed by atoms with E-state index in [4.69, 9.17) is 14.2 Å². The standard InChI is InChI=1S/C24H28N2O8S/c1-32-21-11-9-17(35(30,31)26-12-6-4-5-7-13-26)15-19(21)22(27)25-20-14-16(23(28)33-2)8-10-18(20)24(29)34-3/h8-11,14-15H,4-7,12-13H2,1-3H3,(H,25,27). The van der Waals surface area contributed by atoms with Gasteiger partial charge in [-0.15, -0.1) is 0 Å². The van der Waals surface area contributed by atoms with E-state index in [0.29, 0.717) is 13.1 Å². The van der Waals surface area contributed by atoms with Crippen LogP contribution in [0.5, 0.6) is 5.75 Å². The van der Waals surface area contributed by atoms with Crippen LogP contribution in [-0.2, 0) is 19.5 Å². The summed E-state index contributed by atoms with van der Waals surface area (Å²) in [5, 5.41) is 2.57. The normalized spacial score (nSPS) is 14.5. The maximum Gasteiger partial charge on any atom is 0.339 e. The van der Waals surface area contributed by atoms with Crippen molar-refractivity contribution in [1.82, 2.24) is 4.31 Å². The highest BCUT2D eigenvalue weighted by atomic mass is 32.2. The first-order valence-corrected chi connectivity index (χ1v) is 12.5. The molecule has 0 aromatic heterocycles. The minimum Gasteiger partial charge on any atom is -0.496 e. The third-order valence-corrected chi connectivity index (χ3v) is 7.61. The second-order valence-corrected chi connectivity index (χ2v) is 9.82. The van der Waals surface area contributed by atoms with Crippen LogP contribution in [0.25, 0.3) is 0 Å². The summed E-state index contributed by atoms with van der Waals surface area (Å²) >= 11 is 0. The first-order chi connectivity index (χ1) is 16.7. The van der Waals surface area contributed by atoms with Gasteiger partial charge in [0.25, 0.3) is 5.91 Å². The molecule has 0 saturated carbocycles. The van der Waals surface area contributed by atoms with Crippen LogP contribution in [0.1, 0.15) is 56.8 Å². The van der Waals surface area contributed by atoms with Crippen molar-refractivity contribution >= 4 is 33.6 Å². The molecule has 2 aromatic carbocycles. The number of methoxy groups -OCH3 is 3. The highest BCUT2D eigenvalue weighted by Gasteiger charge is 2.27. The fraction of sp³-hybridized carbons (Fsp3) is 0.375. The Bertz CT molecular complexity index is 1220. The Hall–Kier alpha value is -3.44. The summed E-state index contributed by atoms with van der Waals surface area (Å²) in [7, 11) is -0.0825. The molecule has 1 N–H and O–H groups in total. The Morgan fingerprint density at radius 3 is 2.09 bits per heavy atom. The molecule has 1 amide bonds. The third kappa shape index (κ3) is 5.80. The van der Waals surface area contributed by atoms with E-state index in [1.807, 2.05) is 0 Å². The van der Waals surface area contributed by atoms with Crippen molar-refractivity contribution in [2.24, 2.45) is 0 Å². The van der Waals surface area contributed by atoms with Crippen LogP contribution in [-0.4, -0.2) is 65.0 Å². The van der Waals surface area contributed by atoms with Crippen LogP contribution in [0, 0.1) is 0 Å². The monoisotopic (exact) mass is 504 g/mol. The number of amides is 1.